The molecule has 24 heavy (non-hydrogen) atoms. The van der Waals surface area contributed by atoms with Gasteiger partial charge in [-0.1, -0.05) is 12.1 Å². The van der Waals surface area contributed by atoms with Gasteiger partial charge in [-0.15, -0.1) is 0 Å². The molecule has 0 aliphatic carbocycles. The molecular formula is C17H18N2O5. The van der Waals surface area contributed by atoms with Crippen LogP contribution in [-0.2, 0) is 4.79 Å². The molecule has 2 aromatic rings. The quantitative estimate of drug-likeness (QED) is 0.648. The number of anilines is 1. The molecule has 0 saturated carbocycles. The van der Waals surface area contributed by atoms with Crippen LogP contribution in [0.5, 0.6) is 11.5 Å². The van der Waals surface area contributed by atoms with Crippen LogP contribution >= 0.6 is 0 Å². The van der Waals surface area contributed by atoms with E-state index < -0.39 is 4.92 Å². The highest BCUT2D eigenvalue weighted by atomic mass is 16.6. The van der Waals surface area contributed by atoms with Gasteiger partial charge >= 0.3 is 0 Å². The van der Waals surface area contributed by atoms with Crippen LogP contribution in [0.1, 0.15) is 11.1 Å². The van der Waals surface area contributed by atoms with Gasteiger partial charge in [0, 0.05) is 11.8 Å². The van der Waals surface area contributed by atoms with Gasteiger partial charge < -0.3 is 14.8 Å². The fourth-order valence-corrected chi connectivity index (χ4v) is 2.09. The average Bonchev–Trinajstić information content (AvgIpc) is 2.56. The Bertz CT molecular complexity index is 774. The molecule has 0 aliphatic rings. The van der Waals surface area contributed by atoms with Crippen molar-refractivity contribution < 1.29 is 19.2 Å². The van der Waals surface area contributed by atoms with Gasteiger partial charge in [-0.25, -0.2) is 0 Å². The first-order valence-electron chi connectivity index (χ1n) is 7.23. The second-order valence-corrected chi connectivity index (χ2v) is 5.25. The highest BCUT2D eigenvalue weighted by Crippen LogP contribution is 2.31. The number of hydrogen-bond donors (Lipinski definition) is 1. The molecule has 0 saturated heterocycles. The van der Waals surface area contributed by atoms with Crippen molar-refractivity contribution in [3.8, 4) is 11.5 Å². The summed E-state index contributed by atoms with van der Waals surface area (Å²) in [6.07, 6.45) is 0. The zero-order valence-electron chi connectivity index (χ0n) is 13.7. The van der Waals surface area contributed by atoms with E-state index in [-0.39, 0.29) is 24.0 Å². The van der Waals surface area contributed by atoms with Crippen LogP contribution in [0.2, 0.25) is 0 Å². The van der Waals surface area contributed by atoms with Gasteiger partial charge in [0.05, 0.1) is 18.1 Å². The predicted molar refractivity (Wildman–Crippen MR) is 89.7 cm³/mol. The highest BCUT2D eigenvalue weighted by Gasteiger charge is 2.14. The fourth-order valence-electron chi connectivity index (χ4n) is 2.09. The average molecular weight is 330 g/mol. The zero-order chi connectivity index (χ0) is 17.7. The summed E-state index contributed by atoms with van der Waals surface area (Å²) < 4.78 is 10.5. The Morgan fingerprint density at radius 1 is 1.17 bits per heavy atom. The number of benzene rings is 2. The van der Waals surface area contributed by atoms with Gasteiger partial charge in [-0.2, -0.15) is 0 Å². The van der Waals surface area contributed by atoms with Gasteiger partial charge in [-0.05, 0) is 37.1 Å². The molecule has 2 rings (SSSR count). The molecule has 0 radical (unpaired) electrons. The number of nitro benzene ring substituents is 1. The maximum atomic E-state index is 12.1. The van der Waals surface area contributed by atoms with Crippen LogP contribution in [0, 0.1) is 24.0 Å². The van der Waals surface area contributed by atoms with E-state index in [4.69, 9.17) is 9.47 Å². The molecule has 0 fully saturated rings. The molecule has 2 aromatic carbocycles. The first-order chi connectivity index (χ1) is 11.4. The normalized spacial score (nSPS) is 10.1. The SMILES string of the molecule is COc1ccc([N+](=O)[O-])cc1OCC(=O)Nc1cc(C)ccc1C. The minimum Gasteiger partial charge on any atom is -0.493 e. The third kappa shape index (κ3) is 4.22. The molecule has 0 bridgehead atoms. The monoisotopic (exact) mass is 330 g/mol. The minimum absolute atomic E-state index is 0.138. The van der Waals surface area contributed by atoms with Crippen LogP contribution in [0.3, 0.4) is 0 Å². The number of amides is 1. The van der Waals surface area contributed by atoms with Crippen molar-refractivity contribution in [2.24, 2.45) is 0 Å². The van der Waals surface area contributed by atoms with E-state index in [1.54, 1.807) is 0 Å². The van der Waals surface area contributed by atoms with E-state index in [0.717, 1.165) is 11.1 Å². The maximum absolute atomic E-state index is 12.1. The molecule has 7 nitrogen and oxygen atoms in total. The number of methoxy groups -OCH3 is 1. The number of rotatable bonds is 6. The summed E-state index contributed by atoms with van der Waals surface area (Å²) in [7, 11) is 1.42. The molecule has 1 amide bonds. The Labute approximate surface area is 139 Å². The lowest BCUT2D eigenvalue weighted by atomic mass is 10.1. The van der Waals surface area contributed by atoms with E-state index in [1.807, 2.05) is 32.0 Å². The molecule has 0 aromatic heterocycles. The predicted octanol–water partition coefficient (Wildman–Crippen LogP) is 3.24. The lowest BCUT2D eigenvalue weighted by Crippen LogP contribution is -2.21. The smallest absolute Gasteiger partial charge is 0.273 e. The van der Waals surface area contributed by atoms with Gasteiger partial charge in [0.15, 0.2) is 18.1 Å². The third-order valence-corrected chi connectivity index (χ3v) is 3.38. The maximum Gasteiger partial charge on any atom is 0.273 e. The van der Waals surface area contributed by atoms with Gasteiger partial charge in [-0.3, -0.25) is 14.9 Å². The van der Waals surface area contributed by atoms with Gasteiger partial charge in [0.2, 0.25) is 0 Å². The summed E-state index contributed by atoms with van der Waals surface area (Å²) in [6, 6.07) is 9.69. The Kier molecular flexibility index (Phi) is 5.36. The van der Waals surface area contributed by atoms with Crippen molar-refractivity contribution >= 4 is 17.3 Å². The Hall–Kier alpha value is -3.09. The van der Waals surface area contributed by atoms with Gasteiger partial charge in [0.1, 0.15) is 0 Å². The molecule has 0 aliphatic heterocycles. The van der Waals surface area contributed by atoms with Crippen molar-refractivity contribution in [2.45, 2.75) is 13.8 Å². The molecule has 0 unspecified atom stereocenters. The summed E-state index contributed by atoms with van der Waals surface area (Å²) in [6.45, 7) is 3.53. The first kappa shape index (κ1) is 17.3. The Morgan fingerprint density at radius 2 is 1.92 bits per heavy atom. The number of aryl methyl sites for hydroxylation is 2. The number of nitro groups is 1. The summed E-state index contributed by atoms with van der Waals surface area (Å²) in [5.41, 5.74) is 2.52. The zero-order valence-corrected chi connectivity index (χ0v) is 13.7. The first-order valence-corrected chi connectivity index (χ1v) is 7.23. The van der Waals surface area contributed by atoms with Crippen LogP contribution < -0.4 is 14.8 Å². The van der Waals surface area contributed by atoms with Crippen molar-refractivity contribution in [1.82, 2.24) is 0 Å². The van der Waals surface area contributed by atoms with Crippen LogP contribution in [0.15, 0.2) is 36.4 Å². The summed E-state index contributed by atoms with van der Waals surface area (Å²) >= 11 is 0. The molecule has 0 atom stereocenters. The summed E-state index contributed by atoms with van der Waals surface area (Å²) in [4.78, 5) is 22.3. The van der Waals surface area contributed by atoms with E-state index in [1.165, 1.54) is 25.3 Å². The molecule has 0 spiro atoms. The second-order valence-electron chi connectivity index (χ2n) is 5.25. The molecule has 1 N–H and O–H groups in total. The Morgan fingerprint density at radius 3 is 2.58 bits per heavy atom. The number of nitrogens with one attached hydrogen (secondary N) is 1. The number of nitrogens with zero attached hydrogens (tertiary/aromatic N) is 1. The standard InChI is InChI=1S/C17H18N2O5/c1-11-4-5-12(2)14(8-11)18-17(20)10-24-16-9-13(19(21)22)6-7-15(16)23-3/h4-9H,10H2,1-3H3,(H,18,20). The molecular weight excluding hydrogens is 312 g/mol. The number of carbonyl (C=O) groups is 1. The van der Waals surface area contributed by atoms with E-state index in [9.17, 15) is 14.9 Å². The number of hydrogen-bond acceptors (Lipinski definition) is 5. The van der Waals surface area contributed by atoms with E-state index in [2.05, 4.69) is 5.32 Å². The van der Waals surface area contributed by atoms with Crippen LogP contribution in [0.25, 0.3) is 0 Å². The topological polar surface area (TPSA) is 90.7 Å². The van der Waals surface area contributed by atoms with Crippen molar-refractivity contribution in [3.05, 3.63) is 57.6 Å². The second kappa shape index (κ2) is 7.45. The lowest BCUT2D eigenvalue weighted by molar-refractivity contribution is -0.385. The number of ether oxygens (including phenoxy) is 2. The fraction of sp³-hybridized carbons (Fsp3) is 0.235. The summed E-state index contributed by atoms with van der Waals surface area (Å²) in [5, 5.41) is 13.6. The third-order valence-electron chi connectivity index (χ3n) is 3.38. The highest BCUT2D eigenvalue weighted by molar-refractivity contribution is 5.92. The lowest BCUT2D eigenvalue weighted by Gasteiger charge is -2.12. The number of carbonyl (C=O) groups excluding carboxylic acids is 1. The molecule has 126 valence electrons. The molecule has 7 heteroatoms. The largest absolute Gasteiger partial charge is 0.493 e. The van der Waals surface area contributed by atoms with Crippen molar-refractivity contribution in [2.75, 3.05) is 19.0 Å². The minimum atomic E-state index is -0.539. The number of non-ortho nitro benzene ring substituents is 1. The van der Waals surface area contributed by atoms with Crippen LogP contribution in [-0.4, -0.2) is 24.5 Å². The van der Waals surface area contributed by atoms with Crippen LogP contribution in [0.4, 0.5) is 11.4 Å². The van der Waals surface area contributed by atoms with E-state index in [0.29, 0.717) is 11.4 Å². The van der Waals surface area contributed by atoms with E-state index >= 15 is 0 Å². The van der Waals surface area contributed by atoms with Crippen molar-refractivity contribution in [3.63, 3.8) is 0 Å². The molecule has 0 heterocycles. The Balaban J connectivity index is 2.07. The van der Waals surface area contributed by atoms with Gasteiger partial charge in [0.25, 0.3) is 11.6 Å². The summed E-state index contributed by atoms with van der Waals surface area (Å²) in [5.74, 6) is 0.0974. The van der Waals surface area contributed by atoms with Crippen molar-refractivity contribution in [1.29, 1.82) is 0 Å².